The van der Waals surface area contributed by atoms with Crippen molar-refractivity contribution in [2.24, 2.45) is 0 Å². The summed E-state index contributed by atoms with van der Waals surface area (Å²) in [7, 11) is 1.90. The van der Waals surface area contributed by atoms with Crippen LogP contribution in [0, 0.1) is 0 Å². The zero-order chi connectivity index (χ0) is 14.6. The maximum absolute atomic E-state index is 12.7. The lowest BCUT2D eigenvalue weighted by molar-refractivity contribution is -0.126. The van der Waals surface area contributed by atoms with Gasteiger partial charge in [-0.05, 0) is 44.5 Å². The predicted molar refractivity (Wildman–Crippen MR) is 90.4 cm³/mol. The number of hydrogen-bond donors (Lipinski definition) is 2. The molecule has 1 atom stereocenters. The smallest absolute Gasteiger partial charge is 0.230 e. The van der Waals surface area contributed by atoms with Crippen LogP contribution in [0.25, 0.3) is 0 Å². The molecule has 0 aromatic heterocycles. The van der Waals surface area contributed by atoms with Gasteiger partial charge >= 0.3 is 0 Å². The van der Waals surface area contributed by atoms with Crippen molar-refractivity contribution < 1.29 is 4.79 Å². The van der Waals surface area contributed by atoms with Crippen molar-refractivity contribution in [3.05, 3.63) is 34.9 Å². The minimum Gasteiger partial charge on any atom is -0.354 e. The molecule has 0 saturated heterocycles. The summed E-state index contributed by atoms with van der Waals surface area (Å²) in [5.41, 5.74) is 0.729. The SMILES string of the molecule is CNC(C)CNC(=O)C1(c2ccc(Cl)cc2)CCCC1.Cl. The van der Waals surface area contributed by atoms with E-state index in [0.717, 1.165) is 31.2 Å². The quantitative estimate of drug-likeness (QED) is 0.869. The van der Waals surface area contributed by atoms with Crippen LogP contribution in [-0.2, 0) is 10.2 Å². The number of benzene rings is 1. The molecular formula is C16H24Cl2N2O. The Bertz CT molecular complexity index is 456. The minimum absolute atomic E-state index is 0. The molecule has 1 aliphatic carbocycles. The Kier molecular flexibility index (Phi) is 6.98. The second-order valence-electron chi connectivity index (χ2n) is 5.70. The van der Waals surface area contributed by atoms with E-state index >= 15 is 0 Å². The maximum Gasteiger partial charge on any atom is 0.230 e. The van der Waals surface area contributed by atoms with Gasteiger partial charge in [0.05, 0.1) is 5.41 Å². The maximum atomic E-state index is 12.7. The van der Waals surface area contributed by atoms with Crippen molar-refractivity contribution in [2.45, 2.75) is 44.1 Å². The van der Waals surface area contributed by atoms with Gasteiger partial charge in [-0.1, -0.05) is 36.6 Å². The van der Waals surface area contributed by atoms with Gasteiger partial charge in [0.1, 0.15) is 0 Å². The average Bonchev–Trinajstić information content (AvgIpc) is 2.95. The van der Waals surface area contributed by atoms with Crippen LogP contribution in [-0.4, -0.2) is 25.5 Å². The molecule has 0 radical (unpaired) electrons. The molecule has 5 heteroatoms. The summed E-state index contributed by atoms with van der Waals surface area (Å²) in [5, 5.41) is 6.95. The monoisotopic (exact) mass is 330 g/mol. The van der Waals surface area contributed by atoms with Gasteiger partial charge in [0.15, 0.2) is 0 Å². The molecule has 21 heavy (non-hydrogen) atoms. The van der Waals surface area contributed by atoms with Gasteiger partial charge in [0, 0.05) is 17.6 Å². The molecule has 1 aliphatic rings. The van der Waals surface area contributed by atoms with E-state index in [1.807, 2.05) is 31.3 Å². The van der Waals surface area contributed by atoms with E-state index in [1.165, 1.54) is 0 Å². The van der Waals surface area contributed by atoms with Gasteiger partial charge in [-0.25, -0.2) is 0 Å². The molecule has 1 aromatic carbocycles. The van der Waals surface area contributed by atoms with Gasteiger partial charge in [0.2, 0.25) is 5.91 Å². The van der Waals surface area contributed by atoms with E-state index in [1.54, 1.807) is 0 Å². The summed E-state index contributed by atoms with van der Waals surface area (Å²) in [6.07, 6.45) is 4.07. The lowest BCUT2D eigenvalue weighted by Gasteiger charge is -2.29. The molecule has 2 N–H and O–H groups in total. The van der Waals surface area contributed by atoms with E-state index in [9.17, 15) is 4.79 Å². The summed E-state index contributed by atoms with van der Waals surface area (Å²) in [6.45, 7) is 2.72. The first-order chi connectivity index (χ1) is 9.58. The molecule has 1 aromatic rings. The number of rotatable bonds is 5. The van der Waals surface area contributed by atoms with E-state index < -0.39 is 0 Å². The Hall–Kier alpha value is -0.770. The third-order valence-electron chi connectivity index (χ3n) is 4.35. The predicted octanol–water partition coefficient (Wildman–Crippen LogP) is 3.30. The van der Waals surface area contributed by atoms with Crippen LogP contribution in [0.15, 0.2) is 24.3 Å². The average molecular weight is 331 g/mol. The lowest BCUT2D eigenvalue weighted by Crippen LogP contribution is -2.46. The number of amides is 1. The molecule has 0 spiro atoms. The number of carbonyl (C=O) groups is 1. The number of carbonyl (C=O) groups excluding carboxylic acids is 1. The van der Waals surface area contributed by atoms with E-state index in [4.69, 9.17) is 11.6 Å². The molecule has 1 amide bonds. The summed E-state index contributed by atoms with van der Waals surface area (Å²) in [4.78, 5) is 12.7. The van der Waals surface area contributed by atoms with Crippen LogP contribution in [0.4, 0.5) is 0 Å². The third kappa shape index (κ3) is 4.12. The Labute approximate surface area is 138 Å². The molecule has 1 saturated carbocycles. The Morgan fingerprint density at radius 1 is 1.29 bits per heavy atom. The van der Waals surface area contributed by atoms with Crippen molar-refractivity contribution in [3.63, 3.8) is 0 Å². The highest BCUT2D eigenvalue weighted by atomic mass is 35.5. The molecule has 118 valence electrons. The summed E-state index contributed by atoms with van der Waals surface area (Å²) < 4.78 is 0. The van der Waals surface area contributed by atoms with E-state index in [0.29, 0.717) is 11.6 Å². The molecule has 0 aliphatic heterocycles. The molecule has 2 rings (SSSR count). The standard InChI is InChI=1S/C16H23ClN2O.ClH/c1-12(18-2)11-19-15(20)16(9-3-4-10-16)13-5-7-14(17)8-6-13;/h5-8,12,18H,3-4,9-11H2,1-2H3,(H,19,20);1H. The molecule has 1 fully saturated rings. The van der Waals surface area contributed by atoms with Crippen LogP contribution in [0.3, 0.4) is 0 Å². The fourth-order valence-corrected chi connectivity index (χ4v) is 3.04. The molecular weight excluding hydrogens is 307 g/mol. The van der Waals surface area contributed by atoms with E-state index in [-0.39, 0.29) is 29.8 Å². The zero-order valence-electron chi connectivity index (χ0n) is 12.6. The fourth-order valence-electron chi connectivity index (χ4n) is 2.91. The molecule has 0 bridgehead atoms. The normalized spacial score (nSPS) is 17.9. The highest BCUT2D eigenvalue weighted by molar-refractivity contribution is 6.30. The second kappa shape index (κ2) is 8.02. The third-order valence-corrected chi connectivity index (χ3v) is 4.60. The summed E-state index contributed by atoms with van der Waals surface area (Å²) in [5.74, 6) is 0.152. The minimum atomic E-state index is -0.363. The number of halogens is 2. The number of hydrogen-bond acceptors (Lipinski definition) is 2. The van der Waals surface area contributed by atoms with Crippen LogP contribution in [0.2, 0.25) is 5.02 Å². The van der Waals surface area contributed by atoms with Crippen molar-refractivity contribution in [3.8, 4) is 0 Å². The van der Waals surface area contributed by atoms with Crippen molar-refractivity contribution >= 4 is 29.9 Å². The van der Waals surface area contributed by atoms with Crippen LogP contribution >= 0.6 is 24.0 Å². The Morgan fingerprint density at radius 3 is 2.38 bits per heavy atom. The molecule has 3 nitrogen and oxygen atoms in total. The Morgan fingerprint density at radius 2 is 1.86 bits per heavy atom. The van der Waals surface area contributed by atoms with Crippen molar-refractivity contribution in [1.29, 1.82) is 0 Å². The number of likely N-dealkylation sites (N-methyl/N-ethyl adjacent to an activating group) is 1. The fraction of sp³-hybridized carbons (Fsp3) is 0.562. The molecule has 0 heterocycles. The lowest BCUT2D eigenvalue weighted by atomic mass is 9.78. The van der Waals surface area contributed by atoms with Crippen LogP contribution in [0.1, 0.15) is 38.2 Å². The summed E-state index contributed by atoms with van der Waals surface area (Å²) in [6, 6.07) is 8.02. The van der Waals surface area contributed by atoms with Crippen LogP contribution in [0.5, 0.6) is 0 Å². The van der Waals surface area contributed by atoms with Gasteiger partial charge in [-0.2, -0.15) is 0 Å². The van der Waals surface area contributed by atoms with Gasteiger partial charge in [0.25, 0.3) is 0 Å². The van der Waals surface area contributed by atoms with E-state index in [2.05, 4.69) is 17.6 Å². The van der Waals surface area contributed by atoms with Gasteiger partial charge in [-0.15, -0.1) is 12.4 Å². The topological polar surface area (TPSA) is 41.1 Å². The second-order valence-corrected chi connectivity index (χ2v) is 6.13. The highest BCUT2D eigenvalue weighted by Gasteiger charge is 2.42. The van der Waals surface area contributed by atoms with Crippen molar-refractivity contribution in [2.75, 3.05) is 13.6 Å². The first kappa shape index (κ1) is 18.3. The van der Waals surface area contributed by atoms with Gasteiger partial charge in [-0.3, -0.25) is 4.79 Å². The van der Waals surface area contributed by atoms with Gasteiger partial charge < -0.3 is 10.6 Å². The van der Waals surface area contributed by atoms with Crippen LogP contribution < -0.4 is 10.6 Å². The number of nitrogens with one attached hydrogen (secondary N) is 2. The van der Waals surface area contributed by atoms with Crippen molar-refractivity contribution in [1.82, 2.24) is 10.6 Å². The summed E-state index contributed by atoms with van der Waals surface area (Å²) >= 11 is 5.96. The first-order valence-corrected chi connectivity index (χ1v) is 7.68. The largest absolute Gasteiger partial charge is 0.354 e. The highest BCUT2D eigenvalue weighted by Crippen LogP contribution is 2.41. The molecule has 1 unspecified atom stereocenters. The Balaban J connectivity index is 0.00000220. The zero-order valence-corrected chi connectivity index (χ0v) is 14.2. The first-order valence-electron chi connectivity index (χ1n) is 7.30.